The smallest absolute Gasteiger partial charge is 0.389 e. The van der Waals surface area contributed by atoms with Gasteiger partial charge in [0, 0.05) is 12.0 Å². The number of methoxy groups -OCH3 is 1. The van der Waals surface area contributed by atoms with Crippen molar-refractivity contribution in [2.24, 2.45) is 0 Å². The highest BCUT2D eigenvalue weighted by molar-refractivity contribution is 7.88. The number of hydrogen-bond acceptors (Lipinski definition) is 7. The van der Waals surface area contributed by atoms with Crippen LogP contribution in [0.2, 0.25) is 0 Å². The first kappa shape index (κ1) is 25.2. The Morgan fingerprint density at radius 1 is 1.32 bits per heavy atom. The fourth-order valence-corrected chi connectivity index (χ4v) is 4.20. The molecule has 2 atom stereocenters. The maximum atomic E-state index is 12.5. The van der Waals surface area contributed by atoms with Gasteiger partial charge in [-0.1, -0.05) is 0 Å². The Morgan fingerprint density at radius 3 is 2.52 bits per heavy atom. The van der Waals surface area contributed by atoms with Crippen molar-refractivity contribution in [3.63, 3.8) is 0 Å². The lowest BCUT2D eigenvalue weighted by Gasteiger charge is -2.45. The molecule has 0 spiro atoms. The van der Waals surface area contributed by atoms with Gasteiger partial charge < -0.3 is 19.3 Å². The summed E-state index contributed by atoms with van der Waals surface area (Å²) in [6.45, 7) is 2.26. The van der Waals surface area contributed by atoms with E-state index in [9.17, 15) is 31.5 Å². The summed E-state index contributed by atoms with van der Waals surface area (Å²) in [5.41, 5.74) is -0.985. The molecule has 1 aromatic carbocycles. The minimum Gasteiger partial charge on any atom is -0.494 e. The van der Waals surface area contributed by atoms with E-state index in [0.717, 1.165) is 17.7 Å². The summed E-state index contributed by atoms with van der Waals surface area (Å²) in [5.74, 6) is -0.405. The summed E-state index contributed by atoms with van der Waals surface area (Å²) >= 11 is 0. The highest BCUT2D eigenvalue weighted by Crippen LogP contribution is 2.45. The molecule has 1 aliphatic rings. The first-order chi connectivity index (χ1) is 14.2. The van der Waals surface area contributed by atoms with Gasteiger partial charge >= 0.3 is 12.1 Å². The average molecular weight is 469 g/mol. The molecule has 0 amide bonds. The number of nitrogens with zero attached hydrogens (tertiary/aromatic N) is 1. The van der Waals surface area contributed by atoms with E-state index in [-0.39, 0.29) is 30.1 Å². The number of carbonyl (C=O) groups excluding carboxylic acids is 1. The SMILES string of the molecule is COC(=O)CN([C@H]1c2cc(OCCCC(F)(F)F)ccc2OC(C)(C)[C@@H]1O)S(C)(=O)=O. The van der Waals surface area contributed by atoms with Crippen molar-refractivity contribution in [1.29, 1.82) is 0 Å². The van der Waals surface area contributed by atoms with Gasteiger partial charge in [-0.15, -0.1) is 0 Å². The standard InChI is InChI=1S/C19H26F3NO7S/c1-18(2)17(25)16(23(31(4,26)27)11-15(24)28-3)13-10-12(6-7-14(13)30-18)29-9-5-8-19(20,21)22/h6-7,10,16-17,25H,5,8-9,11H2,1-4H3/t16-,17+/m0/s1. The van der Waals surface area contributed by atoms with E-state index >= 15 is 0 Å². The van der Waals surface area contributed by atoms with Crippen molar-refractivity contribution in [2.45, 2.75) is 50.6 Å². The fourth-order valence-electron chi connectivity index (χ4n) is 3.22. The number of aliphatic hydroxyl groups excluding tert-OH is 1. The Bertz CT molecular complexity index is 902. The van der Waals surface area contributed by atoms with Gasteiger partial charge in [0.1, 0.15) is 29.7 Å². The van der Waals surface area contributed by atoms with Gasteiger partial charge in [0.2, 0.25) is 10.0 Å². The monoisotopic (exact) mass is 469 g/mol. The maximum absolute atomic E-state index is 12.5. The van der Waals surface area contributed by atoms with E-state index in [1.54, 1.807) is 13.8 Å². The van der Waals surface area contributed by atoms with Crippen LogP contribution in [0.4, 0.5) is 13.2 Å². The largest absolute Gasteiger partial charge is 0.494 e. The zero-order valence-corrected chi connectivity index (χ0v) is 18.4. The van der Waals surface area contributed by atoms with Crippen molar-refractivity contribution in [1.82, 2.24) is 4.31 Å². The second kappa shape index (κ2) is 9.21. The molecule has 0 aromatic heterocycles. The van der Waals surface area contributed by atoms with Crippen LogP contribution < -0.4 is 9.47 Å². The molecule has 1 aromatic rings. The molecule has 0 unspecified atom stereocenters. The summed E-state index contributed by atoms with van der Waals surface area (Å²) in [7, 11) is -2.89. The number of hydrogen-bond donors (Lipinski definition) is 1. The third kappa shape index (κ3) is 6.47. The number of benzene rings is 1. The Hall–Kier alpha value is -2.05. The van der Waals surface area contributed by atoms with E-state index in [0.29, 0.717) is 0 Å². The van der Waals surface area contributed by atoms with Crippen molar-refractivity contribution in [3.05, 3.63) is 23.8 Å². The predicted octanol–water partition coefficient (Wildman–Crippen LogP) is 2.42. The van der Waals surface area contributed by atoms with Crippen LogP contribution in [-0.4, -0.2) is 68.2 Å². The van der Waals surface area contributed by atoms with Crippen LogP contribution >= 0.6 is 0 Å². The molecule has 0 radical (unpaired) electrons. The highest BCUT2D eigenvalue weighted by atomic mass is 32.2. The zero-order chi connectivity index (χ0) is 23.6. The van der Waals surface area contributed by atoms with Crippen LogP contribution in [-0.2, 0) is 19.6 Å². The Labute approximate surface area is 178 Å². The number of sulfonamides is 1. The molecule has 1 N–H and O–H groups in total. The van der Waals surface area contributed by atoms with Gasteiger partial charge in [-0.25, -0.2) is 8.42 Å². The molecule has 176 valence electrons. The molecular formula is C19H26F3NO7S. The molecule has 0 aliphatic carbocycles. The van der Waals surface area contributed by atoms with Crippen molar-refractivity contribution in [2.75, 3.05) is 26.5 Å². The third-order valence-electron chi connectivity index (χ3n) is 4.81. The number of aliphatic hydroxyl groups is 1. The number of halogens is 3. The molecule has 0 fully saturated rings. The van der Waals surface area contributed by atoms with Crippen LogP contribution in [0.5, 0.6) is 11.5 Å². The molecule has 1 aliphatic heterocycles. The lowest BCUT2D eigenvalue weighted by molar-refractivity contribution is -0.143. The van der Waals surface area contributed by atoms with E-state index < -0.39 is 52.9 Å². The topological polar surface area (TPSA) is 102 Å². The number of fused-ring (bicyclic) bond motifs is 1. The molecule has 8 nitrogen and oxygen atoms in total. The molecule has 1 heterocycles. The molecule has 31 heavy (non-hydrogen) atoms. The molecule has 0 bridgehead atoms. The van der Waals surface area contributed by atoms with Crippen LogP contribution in [0.15, 0.2) is 18.2 Å². The molecule has 2 rings (SSSR count). The fraction of sp³-hybridized carbons (Fsp3) is 0.632. The molecule has 0 saturated heterocycles. The Balaban J connectivity index is 2.41. The van der Waals surface area contributed by atoms with Crippen molar-refractivity contribution >= 4 is 16.0 Å². The minimum absolute atomic E-state index is 0.174. The normalized spacial score (nSPS) is 20.7. The number of rotatable bonds is 8. The van der Waals surface area contributed by atoms with E-state index in [2.05, 4.69) is 4.74 Å². The summed E-state index contributed by atoms with van der Waals surface area (Å²) in [5, 5.41) is 10.9. The first-order valence-electron chi connectivity index (χ1n) is 9.40. The van der Waals surface area contributed by atoms with Gasteiger partial charge in [0.15, 0.2) is 0 Å². The van der Waals surface area contributed by atoms with Crippen molar-refractivity contribution in [3.8, 4) is 11.5 Å². The second-order valence-corrected chi connectivity index (χ2v) is 9.68. The summed E-state index contributed by atoms with van der Waals surface area (Å²) in [6.07, 6.45) is -6.04. The predicted molar refractivity (Wildman–Crippen MR) is 104 cm³/mol. The quantitative estimate of drug-likeness (QED) is 0.461. The average Bonchev–Trinajstić information content (AvgIpc) is 2.63. The lowest BCUT2D eigenvalue weighted by atomic mass is 9.86. The van der Waals surface area contributed by atoms with Gasteiger partial charge in [0.05, 0.1) is 26.0 Å². The van der Waals surface area contributed by atoms with Gasteiger partial charge in [-0.05, 0) is 38.5 Å². The molecule has 12 heteroatoms. The number of esters is 1. The first-order valence-corrected chi connectivity index (χ1v) is 11.2. The van der Waals surface area contributed by atoms with E-state index in [1.165, 1.54) is 18.2 Å². The molecule has 0 saturated carbocycles. The summed E-state index contributed by atoms with van der Waals surface area (Å²) < 4.78 is 78.4. The van der Waals surface area contributed by atoms with Crippen molar-refractivity contribution < 1.29 is 45.7 Å². The lowest BCUT2D eigenvalue weighted by Crippen LogP contribution is -2.55. The van der Waals surface area contributed by atoms with Crippen LogP contribution in [0.1, 0.15) is 38.3 Å². The van der Waals surface area contributed by atoms with Crippen LogP contribution in [0.25, 0.3) is 0 Å². The van der Waals surface area contributed by atoms with Crippen LogP contribution in [0, 0.1) is 0 Å². The summed E-state index contributed by atoms with van der Waals surface area (Å²) in [6, 6.07) is 3.13. The Morgan fingerprint density at radius 2 is 1.97 bits per heavy atom. The zero-order valence-electron chi connectivity index (χ0n) is 17.6. The van der Waals surface area contributed by atoms with E-state index in [1.807, 2.05) is 0 Å². The second-order valence-electron chi connectivity index (χ2n) is 7.75. The Kier molecular flexibility index (Phi) is 7.49. The van der Waals surface area contributed by atoms with Gasteiger partial charge in [0.25, 0.3) is 0 Å². The number of alkyl halides is 3. The minimum atomic E-state index is -4.29. The third-order valence-corrected chi connectivity index (χ3v) is 6.01. The van der Waals surface area contributed by atoms with Gasteiger partial charge in [-0.2, -0.15) is 17.5 Å². The maximum Gasteiger partial charge on any atom is 0.389 e. The highest BCUT2D eigenvalue weighted by Gasteiger charge is 2.48. The molecular weight excluding hydrogens is 443 g/mol. The van der Waals surface area contributed by atoms with E-state index in [4.69, 9.17) is 9.47 Å². The van der Waals surface area contributed by atoms with Gasteiger partial charge in [-0.3, -0.25) is 4.79 Å². The van der Waals surface area contributed by atoms with Crippen LogP contribution in [0.3, 0.4) is 0 Å². The summed E-state index contributed by atoms with van der Waals surface area (Å²) in [4.78, 5) is 11.9. The number of ether oxygens (including phenoxy) is 3. The number of carbonyl (C=O) groups is 1.